The quantitative estimate of drug-likeness (QED) is 0.918. The van der Waals surface area contributed by atoms with Crippen LogP contribution in [0.15, 0.2) is 47.1 Å². The molecule has 0 unspecified atom stereocenters. The molecule has 2 rings (SSSR count). The second-order valence-corrected chi connectivity index (χ2v) is 4.21. The van der Waals surface area contributed by atoms with Crippen molar-refractivity contribution in [1.29, 1.82) is 0 Å². The Labute approximate surface area is 110 Å². The third-order valence-electron chi connectivity index (χ3n) is 2.54. The first-order valence-electron chi connectivity index (χ1n) is 5.74. The van der Waals surface area contributed by atoms with Crippen molar-refractivity contribution in [3.63, 3.8) is 0 Å². The molecule has 0 aliphatic rings. The van der Waals surface area contributed by atoms with E-state index in [-0.39, 0.29) is 17.6 Å². The summed E-state index contributed by atoms with van der Waals surface area (Å²) in [6.45, 7) is 0. The van der Waals surface area contributed by atoms with Gasteiger partial charge in [-0.2, -0.15) is 0 Å². The summed E-state index contributed by atoms with van der Waals surface area (Å²) in [5, 5.41) is 2.68. The topological polar surface area (TPSA) is 62.6 Å². The van der Waals surface area contributed by atoms with Gasteiger partial charge < -0.3 is 14.6 Å². The van der Waals surface area contributed by atoms with E-state index in [0.717, 1.165) is 0 Å². The van der Waals surface area contributed by atoms with E-state index in [4.69, 9.17) is 4.42 Å². The van der Waals surface area contributed by atoms with Crippen LogP contribution in [-0.4, -0.2) is 30.8 Å². The molecule has 0 saturated heterocycles. The van der Waals surface area contributed by atoms with Crippen LogP contribution in [0.2, 0.25) is 0 Å². The standard InChI is InChI=1S/C14H14N2O3/c1-16(2)14(18)10-5-7-11(8-6-10)15-13(17)12-4-3-9-19-12/h3-9H,1-2H3,(H,15,17). The van der Waals surface area contributed by atoms with Crippen LogP contribution >= 0.6 is 0 Å². The molecule has 0 saturated carbocycles. The zero-order chi connectivity index (χ0) is 13.8. The number of carbonyl (C=O) groups excluding carboxylic acids is 2. The molecule has 1 N–H and O–H groups in total. The van der Waals surface area contributed by atoms with Crippen LogP contribution in [-0.2, 0) is 0 Å². The third-order valence-corrected chi connectivity index (χ3v) is 2.54. The SMILES string of the molecule is CN(C)C(=O)c1ccc(NC(=O)c2ccco2)cc1. The van der Waals surface area contributed by atoms with E-state index >= 15 is 0 Å². The van der Waals surface area contributed by atoms with E-state index in [1.807, 2.05) is 0 Å². The zero-order valence-corrected chi connectivity index (χ0v) is 10.7. The highest BCUT2D eigenvalue weighted by molar-refractivity contribution is 6.02. The smallest absolute Gasteiger partial charge is 0.291 e. The van der Waals surface area contributed by atoms with Crippen molar-refractivity contribution in [3.8, 4) is 0 Å². The first-order chi connectivity index (χ1) is 9.08. The van der Waals surface area contributed by atoms with Crippen LogP contribution in [0.5, 0.6) is 0 Å². The van der Waals surface area contributed by atoms with Gasteiger partial charge in [-0.15, -0.1) is 0 Å². The molecule has 1 aromatic carbocycles. The number of amides is 2. The number of rotatable bonds is 3. The average Bonchev–Trinajstić information content (AvgIpc) is 2.92. The maximum absolute atomic E-state index is 11.7. The van der Waals surface area contributed by atoms with E-state index in [1.54, 1.807) is 50.5 Å². The summed E-state index contributed by atoms with van der Waals surface area (Å²) in [6, 6.07) is 9.92. The number of furan rings is 1. The fourth-order valence-electron chi connectivity index (χ4n) is 1.55. The van der Waals surface area contributed by atoms with Gasteiger partial charge in [-0.3, -0.25) is 9.59 Å². The van der Waals surface area contributed by atoms with Crippen LogP contribution in [0.4, 0.5) is 5.69 Å². The lowest BCUT2D eigenvalue weighted by atomic mass is 10.2. The molecule has 0 aliphatic carbocycles. The second kappa shape index (κ2) is 5.39. The number of nitrogens with one attached hydrogen (secondary N) is 1. The van der Waals surface area contributed by atoms with Crippen LogP contribution < -0.4 is 5.32 Å². The Morgan fingerprint density at radius 3 is 2.32 bits per heavy atom. The van der Waals surface area contributed by atoms with Crippen molar-refractivity contribution in [2.75, 3.05) is 19.4 Å². The molecule has 1 heterocycles. The van der Waals surface area contributed by atoms with Gasteiger partial charge in [0.1, 0.15) is 0 Å². The van der Waals surface area contributed by atoms with Gasteiger partial charge in [0.25, 0.3) is 11.8 Å². The van der Waals surface area contributed by atoms with Gasteiger partial charge >= 0.3 is 0 Å². The monoisotopic (exact) mass is 258 g/mol. The van der Waals surface area contributed by atoms with Gasteiger partial charge in [0, 0.05) is 25.3 Å². The number of benzene rings is 1. The summed E-state index contributed by atoms with van der Waals surface area (Å²) in [5.74, 6) is -0.158. The first kappa shape index (κ1) is 12.9. The summed E-state index contributed by atoms with van der Waals surface area (Å²) in [5.41, 5.74) is 1.18. The van der Waals surface area contributed by atoms with Crippen molar-refractivity contribution < 1.29 is 14.0 Å². The maximum Gasteiger partial charge on any atom is 0.291 e. The molecule has 0 radical (unpaired) electrons. The summed E-state index contributed by atoms with van der Waals surface area (Å²) in [6.07, 6.45) is 1.44. The summed E-state index contributed by atoms with van der Waals surface area (Å²) >= 11 is 0. The number of carbonyl (C=O) groups is 2. The molecule has 0 aliphatic heterocycles. The Morgan fingerprint density at radius 1 is 1.11 bits per heavy atom. The first-order valence-corrected chi connectivity index (χ1v) is 5.74. The zero-order valence-electron chi connectivity index (χ0n) is 10.7. The van der Waals surface area contributed by atoms with Crippen LogP contribution in [0.25, 0.3) is 0 Å². The van der Waals surface area contributed by atoms with Crippen LogP contribution in [0.3, 0.4) is 0 Å². The molecular weight excluding hydrogens is 244 g/mol. The van der Waals surface area contributed by atoms with Gasteiger partial charge in [0.2, 0.25) is 0 Å². The van der Waals surface area contributed by atoms with Gasteiger partial charge in [0.15, 0.2) is 5.76 Å². The molecule has 2 aromatic rings. The number of nitrogens with zero attached hydrogens (tertiary/aromatic N) is 1. The minimum Gasteiger partial charge on any atom is -0.459 e. The number of hydrogen-bond acceptors (Lipinski definition) is 3. The third kappa shape index (κ3) is 3.01. The van der Waals surface area contributed by atoms with Gasteiger partial charge in [-0.25, -0.2) is 0 Å². The normalized spacial score (nSPS) is 10.0. The Kier molecular flexibility index (Phi) is 3.66. The molecule has 19 heavy (non-hydrogen) atoms. The summed E-state index contributed by atoms with van der Waals surface area (Å²) in [4.78, 5) is 24.9. The van der Waals surface area contributed by atoms with Crippen molar-refractivity contribution in [1.82, 2.24) is 4.90 Å². The van der Waals surface area contributed by atoms with Crippen molar-refractivity contribution in [3.05, 3.63) is 54.0 Å². The number of hydrogen-bond donors (Lipinski definition) is 1. The fourth-order valence-corrected chi connectivity index (χ4v) is 1.55. The predicted octanol–water partition coefficient (Wildman–Crippen LogP) is 2.23. The molecule has 2 amide bonds. The highest BCUT2D eigenvalue weighted by atomic mass is 16.3. The van der Waals surface area contributed by atoms with E-state index in [0.29, 0.717) is 11.3 Å². The molecule has 5 heteroatoms. The fraction of sp³-hybridized carbons (Fsp3) is 0.143. The molecule has 5 nitrogen and oxygen atoms in total. The number of anilines is 1. The van der Waals surface area contributed by atoms with Crippen LogP contribution in [0.1, 0.15) is 20.9 Å². The Balaban J connectivity index is 2.07. The van der Waals surface area contributed by atoms with Crippen molar-refractivity contribution in [2.45, 2.75) is 0 Å². The van der Waals surface area contributed by atoms with E-state index in [2.05, 4.69) is 5.32 Å². The lowest BCUT2D eigenvalue weighted by Gasteiger charge is -2.10. The Bertz CT molecular complexity index is 571. The lowest BCUT2D eigenvalue weighted by Crippen LogP contribution is -2.21. The molecular formula is C14H14N2O3. The Morgan fingerprint density at radius 2 is 1.79 bits per heavy atom. The van der Waals surface area contributed by atoms with Crippen LogP contribution in [0, 0.1) is 0 Å². The molecule has 98 valence electrons. The summed E-state index contributed by atoms with van der Waals surface area (Å²) in [7, 11) is 3.38. The highest BCUT2D eigenvalue weighted by Crippen LogP contribution is 2.12. The molecule has 0 bridgehead atoms. The van der Waals surface area contributed by atoms with E-state index < -0.39 is 0 Å². The van der Waals surface area contributed by atoms with Crippen molar-refractivity contribution >= 4 is 17.5 Å². The predicted molar refractivity (Wildman–Crippen MR) is 71.1 cm³/mol. The largest absolute Gasteiger partial charge is 0.459 e. The molecule has 0 fully saturated rings. The summed E-state index contributed by atoms with van der Waals surface area (Å²) < 4.78 is 4.99. The maximum atomic E-state index is 11.7. The Hall–Kier alpha value is -2.56. The lowest BCUT2D eigenvalue weighted by molar-refractivity contribution is 0.0827. The highest BCUT2D eigenvalue weighted by Gasteiger charge is 2.10. The molecule has 0 spiro atoms. The van der Waals surface area contributed by atoms with E-state index in [1.165, 1.54) is 11.2 Å². The second-order valence-electron chi connectivity index (χ2n) is 4.21. The molecule has 0 atom stereocenters. The van der Waals surface area contributed by atoms with Crippen molar-refractivity contribution in [2.24, 2.45) is 0 Å². The minimum atomic E-state index is -0.323. The van der Waals surface area contributed by atoms with Gasteiger partial charge in [0.05, 0.1) is 6.26 Å². The average molecular weight is 258 g/mol. The van der Waals surface area contributed by atoms with Gasteiger partial charge in [-0.1, -0.05) is 0 Å². The minimum absolute atomic E-state index is 0.0797. The molecule has 1 aromatic heterocycles. The van der Waals surface area contributed by atoms with E-state index in [9.17, 15) is 9.59 Å². The van der Waals surface area contributed by atoms with Gasteiger partial charge in [-0.05, 0) is 36.4 Å².